The Kier molecular flexibility index (Phi) is 10.7. The smallest absolute Gasteiger partial charge is 0.0742 e. The molecular formula is C81H62N2. The highest BCUT2D eigenvalue weighted by Gasteiger charge is 2.57. The maximum atomic E-state index is 2.67. The van der Waals surface area contributed by atoms with E-state index in [1.54, 1.807) is 0 Å². The van der Waals surface area contributed by atoms with E-state index in [0.717, 1.165) is 11.4 Å². The van der Waals surface area contributed by atoms with E-state index in [4.69, 9.17) is 0 Å². The van der Waals surface area contributed by atoms with Gasteiger partial charge in [0.2, 0.25) is 0 Å². The van der Waals surface area contributed by atoms with E-state index in [9.17, 15) is 0 Å². The van der Waals surface area contributed by atoms with Gasteiger partial charge < -0.3 is 9.80 Å². The molecule has 0 unspecified atom stereocenters. The highest BCUT2D eigenvalue weighted by Crippen LogP contribution is 2.69. The molecule has 0 atom stereocenters. The number of aryl methyl sites for hydroxylation is 6. The van der Waals surface area contributed by atoms with Gasteiger partial charge in [-0.2, -0.15) is 0 Å². The predicted molar refractivity (Wildman–Crippen MR) is 344 cm³/mol. The molecule has 2 heterocycles. The molecule has 0 N–H and O–H groups in total. The first-order valence-electron chi connectivity index (χ1n) is 29.4. The van der Waals surface area contributed by atoms with Gasteiger partial charge >= 0.3 is 0 Å². The molecule has 83 heavy (non-hydrogen) atoms. The van der Waals surface area contributed by atoms with Gasteiger partial charge in [-0.05, 0) is 191 Å². The van der Waals surface area contributed by atoms with Gasteiger partial charge in [-0.1, -0.05) is 240 Å². The molecule has 0 radical (unpaired) electrons. The van der Waals surface area contributed by atoms with Gasteiger partial charge in [-0.15, -0.1) is 0 Å². The van der Waals surface area contributed by atoms with Crippen molar-refractivity contribution in [2.24, 2.45) is 0 Å². The number of nitrogens with zero attached hydrogens (tertiary/aromatic N) is 2. The standard InChI is InChI=1S/C81H62N2/c1-51-25-35-57(36-26-51)79(58-37-27-52(2)28-38-58)71-45-55(5)33-43-75(71)82(61-17-9-7-10-18-61)77-49-69-65(47-73(77)79)66-48-74-78(50-70(66)81(69)67-23-15-13-21-63(67)64-22-14-16-24-68(64)81)83(62-19-11-8-12-20-62)76-44-34-56(6)46-72(76)80(74,59-39-29-53(3)30-40-59)60-41-31-54(4)32-42-60/h7-50H,1-6H3. The number of rotatable bonds is 6. The quantitative estimate of drug-likeness (QED) is 0.164. The van der Waals surface area contributed by atoms with Crippen LogP contribution in [-0.4, -0.2) is 0 Å². The van der Waals surface area contributed by atoms with Gasteiger partial charge in [0.05, 0.1) is 39.0 Å². The molecule has 4 aliphatic rings. The van der Waals surface area contributed by atoms with Gasteiger partial charge in [0.1, 0.15) is 0 Å². The van der Waals surface area contributed by atoms with E-state index in [1.165, 1.54) is 145 Å². The first-order chi connectivity index (χ1) is 40.6. The van der Waals surface area contributed by atoms with Crippen molar-refractivity contribution in [3.05, 3.63) is 367 Å². The first kappa shape index (κ1) is 49.1. The number of fused-ring (bicyclic) bond motifs is 14. The zero-order chi connectivity index (χ0) is 55.9. The fourth-order valence-electron chi connectivity index (χ4n) is 15.5. The summed E-state index contributed by atoms with van der Waals surface area (Å²) in [6.45, 7) is 13.3. The zero-order valence-corrected chi connectivity index (χ0v) is 47.8. The van der Waals surface area contributed by atoms with E-state index in [1.807, 2.05) is 0 Å². The number of para-hydroxylation sites is 2. The lowest BCUT2D eigenvalue weighted by atomic mass is 9.61. The minimum Gasteiger partial charge on any atom is -0.310 e. The van der Waals surface area contributed by atoms with Crippen molar-refractivity contribution in [1.29, 1.82) is 0 Å². The maximum absolute atomic E-state index is 2.67. The average molecular weight is 1060 g/mol. The Hall–Kier alpha value is -9.76. The molecule has 2 aliphatic heterocycles. The fraction of sp³-hybridized carbons (Fsp3) is 0.111. The van der Waals surface area contributed by atoms with Crippen LogP contribution >= 0.6 is 0 Å². The highest BCUT2D eigenvalue weighted by atomic mass is 15.2. The summed E-state index contributed by atoms with van der Waals surface area (Å²) in [4.78, 5) is 5.16. The Labute approximate surface area is 488 Å². The zero-order valence-electron chi connectivity index (χ0n) is 47.8. The van der Waals surface area contributed by atoms with Crippen molar-refractivity contribution < 1.29 is 0 Å². The van der Waals surface area contributed by atoms with Crippen LogP contribution in [0.15, 0.2) is 267 Å². The predicted octanol–water partition coefficient (Wildman–Crippen LogP) is 20.2. The summed E-state index contributed by atoms with van der Waals surface area (Å²) >= 11 is 0. The van der Waals surface area contributed by atoms with Crippen molar-refractivity contribution in [3.8, 4) is 22.3 Å². The minimum atomic E-state index is -0.734. The fourth-order valence-corrected chi connectivity index (χ4v) is 15.5. The first-order valence-corrected chi connectivity index (χ1v) is 29.4. The summed E-state index contributed by atoms with van der Waals surface area (Å²) in [5.74, 6) is 0. The third kappa shape index (κ3) is 6.72. The molecule has 2 heteroatoms. The van der Waals surface area contributed by atoms with Crippen LogP contribution < -0.4 is 9.80 Å². The Morgan fingerprint density at radius 3 is 0.855 bits per heavy atom. The normalized spacial score (nSPS) is 14.9. The maximum Gasteiger partial charge on any atom is 0.0742 e. The van der Waals surface area contributed by atoms with Gasteiger partial charge in [-0.3, -0.25) is 0 Å². The Morgan fingerprint density at radius 2 is 0.506 bits per heavy atom. The van der Waals surface area contributed by atoms with E-state index in [-0.39, 0.29) is 0 Å². The van der Waals surface area contributed by atoms with Gasteiger partial charge in [-0.25, -0.2) is 0 Å². The monoisotopic (exact) mass is 1060 g/mol. The molecule has 0 bridgehead atoms. The largest absolute Gasteiger partial charge is 0.310 e. The van der Waals surface area contributed by atoms with Crippen LogP contribution in [-0.2, 0) is 16.2 Å². The average Bonchev–Trinajstić information content (AvgIpc) is 1.65. The molecule has 396 valence electrons. The molecule has 12 aromatic carbocycles. The summed E-state index contributed by atoms with van der Waals surface area (Å²) in [6, 6.07) is 103. The lowest BCUT2D eigenvalue weighted by Gasteiger charge is -2.47. The second-order valence-electron chi connectivity index (χ2n) is 24.0. The molecule has 1 spiro atoms. The van der Waals surface area contributed by atoms with E-state index in [0.29, 0.717) is 0 Å². The summed E-state index contributed by atoms with van der Waals surface area (Å²) < 4.78 is 0. The molecular weight excluding hydrogens is 1000 g/mol. The molecule has 0 aromatic heterocycles. The molecule has 16 rings (SSSR count). The van der Waals surface area contributed by atoms with Crippen LogP contribution in [0.4, 0.5) is 34.1 Å². The number of hydrogen-bond acceptors (Lipinski definition) is 2. The van der Waals surface area contributed by atoms with Gasteiger partial charge in [0, 0.05) is 11.4 Å². The van der Waals surface area contributed by atoms with Crippen molar-refractivity contribution in [2.75, 3.05) is 9.80 Å². The second kappa shape index (κ2) is 18.1. The van der Waals surface area contributed by atoms with Crippen molar-refractivity contribution in [2.45, 2.75) is 57.8 Å². The lowest BCUT2D eigenvalue weighted by molar-refractivity contribution is 0.724. The SMILES string of the molecule is Cc1ccc(C2(c3ccc(C)cc3)c3cc(C)ccc3N(c3ccccc3)c3cc4c(cc32)-c2cc3c(cc2C42c4ccccc4-c4ccccc42)N(c2ccccc2)c2ccc(C)cc2C3(c2ccc(C)cc2)c2ccc(C)cc2)cc1. The minimum absolute atomic E-state index is 0.708. The number of anilines is 6. The third-order valence-corrected chi connectivity index (χ3v) is 19.2. The lowest BCUT2D eigenvalue weighted by Crippen LogP contribution is -2.38. The van der Waals surface area contributed by atoms with Crippen LogP contribution in [0.1, 0.15) is 100 Å². The van der Waals surface area contributed by atoms with Crippen molar-refractivity contribution in [3.63, 3.8) is 0 Å². The molecule has 2 nitrogen and oxygen atoms in total. The molecule has 12 aromatic rings. The molecule has 0 amide bonds. The van der Waals surface area contributed by atoms with E-state index in [2.05, 4.69) is 318 Å². The van der Waals surface area contributed by atoms with Crippen LogP contribution in [0.5, 0.6) is 0 Å². The van der Waals surface area contributed by atoms with Crippen molar-refractivity contribution >= 4 is 34.1 Å². The topological polar surface area (TPSA) is 6.48 Å². The third-order valence-electron chi connectivity index (χ3n) is 19.2. The van der Waals surface area contributed by atoms with Gasteiger partial charge in [0.15, 0.2) is 0 Å². The van der Waals surface area contributed by atoms with Crippen LogP contribution in [0.3, 0.4) is 0 Å². The van der Waals surface area contributed by atoms with Crippen LogP contribution in [0, 0.1) is 41.5 Å². The Balaban J connectivity index is 1.13. The molecule has 0 fully saturated rings. The van der Waals surface area contributed by atoms with Gasteiger partial charge in [0.25, 0.3) is 0 Å². The molecule has 0 saturated heterocycles. The molecule has 2 aliphatic carbocycles. The second-order valence-corrected chi connectivity index (χ2v) is 24.0. The Bertz CT molecular complexity index is 4200. The van der Waals surface area contributed by atoms with E-state index < -0.39 is 16.2 Å². The highest BCUT2D eigenvalue weighted by molar-refractivity contribution is 6.02. The van der Waals surface area contributed by atoms with Crippen LogP contribution in [0.25, 0.3) is 22.3 Å². The Morgan fingerprint density at radius 1 is 0.205 bits per heavy atom. The van der Waals surface area contributed by atoms with Crippen LogP contribution in [0.2, 0.25) is 0 Å². The molecule has 0 saturated carbocycles. The summed E-state index contributed by atoms with van der Waals surface area (Å²) in [6.07, 6.45) is 0. The number of benzene rings is 12. The summed E-state index contributed by atoms with van der Waals surface area (Å²) in [7, 11) is 0. The van der Waals surface area contributed by atoms with Crippen molar-refractivity contribution in [1.82, 2.24) is 0 Å². The number of hydrogen-bond donors (Lipinski definition) is 0. The summed E-state index contributed by atoms with van der Waals surface area (Å²) in [5.41, 5.74) is 32.4. The van der Waals surface area contributed by atoms with E-state index >= 15 is 0 Å². The summed E-state index contributed by atoms with van der Waals surface area (Å²) in [5, 5.41) is 0.